The fourth-order valence-electron chi connectivity index (χ4n) is 1.36. The monoisotopic (exact) mass is 243 g/mol. The highest BCUT2D eigenvalue weighted by atomic mass is 32.2. The molecule has 1 fully saturated rings. The van der Waals surface area contributed by atoms with Crippen molar-refractivity contribution in [1.29, 1.82) is 0 Å². The van der Waals surface area contributed by atoms with Crippen molar-refractivity contribution in [2.24, 2.45) is 0 Å². The van der Waals surface area contributed by atoms with Crippen LogP contribution in [-0.2, 0) is 11.3 Å². The van der Waals surface area contributed by atoms with E-state index in [0.717, 1.165) is 22.9 Å². The van der Waals surface area contributed by atoms with E-state index in [1.807, 2.05) is 11.8 Å². The van der Waals surface area contributed by atoms with Gasteiger partial charge in [0.2, 0.25) is 5.91 Å². The number of thiazole rings is 1. The summed E-state index contributed by atoms with van der Waals surface area (Å²) in [6.45, 7) is 1.51. The summed E-state index contributed by atoms with van der Waals surface area (Å²) in [5.41, 5.74) is 1.77. The molecule has 1 amide bonds. The first-order valence-corrected chi connectivity index (χ1v) is 6.86. The van der Waals surface area contributed by atoms with Gasteiger partial charge in [0, 0.05) is 29.1 Å². The van der Waals surface area contributed by atoms with Gasteiger partial charge in [-0.2, -0.15) is 11.8 Å². The summed E-state index contributed by atoms with van der Waals surface area (Å²) in [6, 6.07) is -0.0309. The molecule has 1 aliphatic heterocycles. The summed E-state index contributed by atoms with van der Waals surface area (Å²) < 4.78 is 0. The number of nitrogens with zero attached hydrogens (tertiary/aromatic N) is 1. The minimum absolute atomic E-state index is 0.0309. The van der Waals surface area contributed by atoms with Gasteiger partial charge in [-0.3, -0.25) is 9.78 Å². The molecule has 2 heterocycles. The van der Waals surface area contributed by atoms with Crippen LogP contribution < -0.4 is 10.6 Å². The fourth-order valence-corrected chi connectivity index (χ4v) is 2.83. The van der Waals surface area contributed by atoms with Crippen LogP contribution in [0.4, 0.5) is 0 Å². The van der Waals surface area contributed by atoms with E-state index in [4.69, 9.17) is 0 Å². The summed E-state index contributed by atoms with van der Waals surface area (Å²) in [5.74, 6) is 2.06. The van der Waals surface area contributed by atoms with E-state index in [2.05, 4.69) is 15.6 Å². The Labute approximate surface area is 96.9 Å². The highest BCUT2D eigenvalue weighted by molar-refractivity contribution is 7.99. The summed E-state index contributed by atoms with van der Waals surface area (Å²) in [6.07, 6.45) is 1.79. The zero-order chi connectivity index (χ0) is 10.5. The van der Waals surface area contributed by atoms with Crippen LogP contribution in [0.5, 0.6) is 0 Å². The van der Waals surface area contributed by atoms with Crippen molar-refractivity contribution in [1.82, 2.24) is 15.6 Å². The van der Waals surface area contributed by atoms with E-state index < -0.39 is 0 Å². The molecule has 0 spiro atoms. The molecule has 4 nitrogen and oxygen atoms in total. The van der Waals surface area contributed by atoms with Gasteiger partial charge >= 0.3 is 0 Å². The van der Waals surface area contributed by atoms with Crippen molar-refractivity contribution in [3.05, 3.63) is 16.6 Å². The van der Waals surface area contributed by atoms with Crippen LogP contribution in [-0.4, -0.2) is 35.0 Å². The van der Waals surface area contributed by atoms with Crippen molar-refractivity contribution < 1.29 is 4.79 Å². The summed E-state index contributed by atoms with van der Waals surface area (Å²) in [4.78, 5) is 16.7. The Morgan fingerprint density at radius 2 is 2.67 bits per heavy atom. The molecule has 1 aromatic heterocycles. The van der Waals surface area contributed by atoms with Crippen LogP contribution in [0.1, 0.15) is 4.88 Å². The lowest BCUT2D eigenvalue weighted by molar-refractivity contribution is -0.122. The normalized spacial score (nSPS) is 21.2. The molecule has 15 heavy (non-hydrogen) atoms. The standard InChI is InChI=1S/C9H13N3OS2/c13-9(8-5-14-2-1-11-8)12-4-7-3-10-6-15-7/h3,6,8,11H,1-2,4-5H2,(H,12,13). The second-order valence-electron chi connectivity index (χ2n) is 3.27. The van der Waals surface area contributed by atoms with Crippen LogP contribution in [0.15, 0.2) is 11.7 Å². The molecule has 1 aromatic rings. The molecule has 0 aromatic carbocycles. The summed E-state index contributed by atoms with van der Waals surface area (Å²) >= 11 is 3.38. The molecule has 0 aliphatic carbocycles. The third-order valence-electron chi connectivity index (χ3n) is 2.16. The number of aromatic nitrogens is 1. The molecule has 0 saturated carbocycles. The number of hydrogen-bond acceptors (Lipinski definition) is 5. The Balaban J connectivity index is 1.76. The van der Waals surface area contributed by atoms with Crippen molar-refractivity contribution in [2.45, 2.75) is 12.6 Å². The van der Waals surface area contributed by atoms with Gasteiger partial charge in [0.05, 0.1) is 18.1 Å². The largest absolute Gasteiger partial charge is 0.350 e. The Morgan fingerprint density at radius 1 is 1.73 bits per heavy atom. The van der Waals surface area contributed by atoms with Crippen molar-refractivity contribution in [3.8, 4) is 0 Å². The Hall–Kier alpha value is -0.590. The topological polar surface area (TPSA) is 54.0 Å². The molecule has 0 bridgehead atoms. The first-order valence-electron chi connectivity index (χ1n) is 4.82. The molecule has 0 radical (unpaired) electrons. The van der Waals surface area contributed by atoms with Crippen molar-refractivity contribution in [3.63, 3.8) is 0 Å². The number of thioether (sulfide) groups is 1. The molecule has 1 aliphatic rings. The van der Waals surface area contributed by atoms with E-state index in [0.29, 0.717) is 6.54 Å². The molecule has 6 heteroatoms. The molecule has 1 saturated heterocycles. The number of rotatable bonds is 3. The fraction of sp³-hybridized carbons (Fsp3) is 0.556. The zero-order valence-electron chi connectivity index (χ0n) is 8.23. The average molecular weight is 243 g/mol. The van der Waals surface area contributed by atoms with Crippen LogP contribution in [0.3, 0.4) is 0 Å². The third-order valence-corrected chi connectivity index (χ3v) is 4.00. The molecule has 2 rings (SSSR count). The second kappa shape index (κ2) is 5.48. The van der Waals surface area contributed by atoms with Crippen LogP contribution >= 0.6 is 23.1 Å². The maximum atomic E-state index is 11.7. The van der Waals surface area contributed by atoms with Gasteiger partial charge in [0.15, 0.2) is 0 Å². The highest BCUT2D eigenvalue weighted by Gasteiger charge is 2.20. The molecule has 82 valence electrons. The van der Waals surface area contributed by atoms with Gasteiger partial charge in [-0.25, -0.2) is 0 Å². The summed E-state index contributed by atoms with van der Waals surface area (Å²) in [7, 11) is 0. The SMILES string of the molecule is O=C(NCc1cncs1)C1CSCCN1. The maximum absolute atomic E-state index is 11.7. The quantitative estimate of drug-likeness (QED) is 0.810. The Morgan fingerprint density at radius 3 is 3.33 bits per heavy atom. The molecule has 2 N–H and O–H groups in total. The van der Waals surface area contributed by atoms with Gasteiger partial charge in [-0.15, -0.1) is 11.3 Å². The maximum Gasteiger partial charge on any atom is 0.238 e. The van der Waals surface area contributed by atoms with E-state index in [9.17, 15) is 4.79 Å². The van der Waals surface area contributed by atoms with Crippen molar-refractivity contribution in [2.75, 3.05) is 18.1 Å². The minimum Gasteiger partial charge on any atom is -0.350 e. The lowest BCUT2D eigenvalue weighted by Crippen LogP contribution is -2.48. The first-order chi connectivity index (χ1) is 7.36. The molecule has 1 atom stereocenters. The van der Waals surface area contributed by atoms with Gasteiger partial charge in [-0.1, -0.05) is 0 Å². The van der Waals surface area contributed by atoms with E-state index in [1.54, 1.807) is 23.0 Å². The number of hydrogen-bond donors (Lipinski definition) is 2. The number of carbonyl (C=O) groups excluding carboxylic acids is 1. The van der Waals surface area contributed by atoms with Gasteiger partial charge < -0.3 is 10.6 Å². The van der Waals surface area contributed by atoms with Crippen LogP contribution in [0, 0.1) is 0 Å². The average Bonchev–Trinajstić information content (AvgIpc) is 2.80. The predicted octanol–water partition coefficient (Wildman–Crippen LogP) is 0.464. The summed E-state index contributed by atoms with van der Waals surface area (Å²) in [5, 5.41) is 6.11. The number of amides is 1. The Bertz CT molecular complexity index is 309. The number of carbonyl (C=O) groups is 1. The second-order valence-corrected chi connectivity index (χ2v) is 5.39. The predicted molar refractivity (Wildman–Crippen MR) is 63.1 cm³/mol. The van der Waals surface area contributed by atoms with E-state index in [-0.39, 0.29) is 11.9 Å². The lowest BCUT2D eigenvalue weighted by Gasteiger charge is -2.21. The Kier molecular flexibility index (Phi) is 3.99. The molecular formula is C9H13N3OS2. The van der Waals surface area contributed by atoms with E-state index in [1.165, 1.54) is 0 Å². The van der Waals surface area contributed by atoms with Crippen molar-refractivity contribution >= 4 is 29.0 Å². The van der Waals surface area contributed by atoms with Gasteiger partial charge in [-0.05, 0) is 0 Å². The molecular weight excluding hydrogens is 230 g/mol. The minimum atomic E-state index is -0.0309. The van der Waals surface area contributed by atoms with Gasteiger partial charge in [0.1, 0.15) is 0 Å². The van der Waals surface area contributed by atoms with Crippen LogP contribution in [0.2, 0.25) is 0 Å². The first kappa shape index (κ1) is 10.9. The van der Waals surface area contributed by atoms with Gasteiger partial charge in [0.25, 0.3) is 0 Å². The van der Waals surface area contributed by atoms with E-state index >= 15 is 0 Å². The third kappa shape index (κ3) is 3.19. The molecule has 1 unspecified atom stereocenters. The lowest BCUT2D eigenvalue weighted by atomic mass is 10.3. The number of nitrogens with one attached hydrogen (secondary N) is 2. The van der Waals surface area contributed by atoms with Crippen LogP contribution in [0.25, 0.3) is 0 Å². The zero-order valence-corrected chi connectivity index (χ0v) is 9.87. The highest BCUT2D eigenvalue weighted by Crippen LogP contribution is 2.08. The smallest absolute Gasteiger partial charge is 0.238 e.